The lowest BCUT2D eigenvalue weighted by molar-refractivity contribution is -0.384. The summed E-state index contributed by atoms with van der Waals surface area (Å²) in [4.78, 5) is 10.3. The van der Waals surface area contributed by atoms with Crippen molar-refractivity contribution in [3.8, 4) is 0 Å². The Bertz CT molecular complexity index is 547. The molecule has 20 heavy (non-hydrogen) atoms. The minimum atomic E-state index is -0.445. The Morgan fingerprint density at radius 2 is 2.25 bits per heavy atom. The highest BCUT2D eigenvalue weighted by Gasteiger charge is 2.48. The molecule has 2 N–H and O–H groups in total. The van der Waals surface area contributed by atoms with Gasteiger partial charge in [-0.1, -0.05) is 17.7 Å². The van der Waals surface area contributed by atoms with Crippen molar-refractivity contribution in [1.29, 1.82) is 0 Å². The van der Waals surface area contributed by atoms with Gasteiger partial charge in [-0.3, -0.25) is 10.1 Å². The maximum atomic E-state index is 10.7. The van der Waals surface area contributed by atoms with Crippen molar-refractivity contribution < 1.29 is 9.66 Å². The molecule has 0 amide bonds. The van der Waals surface area contributed by atoms with Gasteiger partial charge in [0.25, 0.3) is 5.69 Å². The summed E-state index contributed by atoms with van der Waals surface area (Å²) in [5, 5.41) is 11.1. The van der Waals surface area contributed by atoms with Gasteiger partial charge in [-0.15, -0.1) is 0 Å². The summed E-state index contributed by atoms with van der Waals surface area (Å²) in [6.45, 7) is 0.683. The maximum Gasteiger partial charge on any atom is 0.270 e. The molecule has 2 fully saturated rings. The van der Waals surface area contributed by atoms with E-state index in [-0.39, 0.29) is 11.8 Å². The highest BCUT2D eigenvalue weighted by molar-refractivity contribution is 6.31. The van der Waals surface area contributed by atoms with Gasteiger partial charge in [0.15, 0.2) is 0 Å². The SMILES string of the molecule is NC1(Cc2ccc([N+](=O)[O-])cc2Cl)CCOC1C1CC1. The van der Waals surface area contributed by atoms with Crippen molar-refractivity contribution in [2.24, 2.45) is 11.7 Å². The third kappa shape index (κ3) is 2.53. The van der Waals surface area contributed by atoms with Gasteiger partial charge in [-0.2, -0.15) is 0 Å². The van der Waals surface area contributed by atoms with E-state index < -0.39 is 10.5 Å². The van der Waals surface area contributed by atoms with Gasteiger partial charge in [-0.05, 0) is 37.2 Å². The Balaban J connectivity index is 1.81. The largest absolute Gasteiger partial charge is 0.376 e. The maximum absolute atomic E-state index is 10.7. The summed E-state index contributed by atoms with van der Waals surface area (Å²) in [6, 6.07) is 4.58. The number of hydrogen-bond acceptors (Lipinski definition) is 4. The van der Waals surface area contributed by atoms with Crippen LogP contribution >= 0.6 is 11.6 Å². The third-order valence-corrected chi connectivity index (χ3v) is 4.60. The van der Waals surface area contributed by atoms with Gasteiger partial charge >= 0.3 is 0 Å². The lowest BCUT2D eigenvalue weighted by atomic mass is 9.83. The van der Waals surface area contributed by atoms with Crippen molar-refractivity contribution in [3.05, 3.63) is 38.9 Å². The molecule has 3 rings (SSSR count). The zero-order chi connectivity index (χ0) is 14.3. The zero-order valence-electron chi connectivity index (χ0n) is 11.0. The zero-order valence-corrected chi connectivity index (χ0v) is 11.8. The van der Waals surface area contributed by atoms with Gasteiger partial charge in [0.2, 0.25) is 0 Å². The molecule has 0 radical (unpaired) electrons. The first-order chi connectivity index (χ1) is 9.49. The molecule has 1 saturated heterocycles. The van der Waals surface area contributed by atoms with Crippen LogP contribution in [0, 0.1) is 16.0 Å². The number of nitrogens with two attached hydrogens (primary N) is 1. The van der Waals surface area contributed by atoms with E-state index in [1.165, 1.54) is 25.0 Å². The Morgan fingerprint density at radius 1 is 1.50 bits per heavy atom. The van der Waals surface area contributed by atoms with E-state index in [1.807, 2.05) is 0 Å². The second kappa shape index (κ2) is 4.98. The van der Waals surface area contributed by atoms with E-state index in [1.54, 1.807) is 6.07 Å². The van der Waals surface area contributed by atoms with Gasteiger partial charge < -0.3 is 10.5 Å². The van der Waals surface area contributed by atoms with Crippen LogP contribution in [0.3, 0.4) is 0 Å². The van der Waals surface area contributed by atoms with Crippen LogP contribution < -0.4 is 5.73 Å². The van der Waals surface area contributed by atoms with E-state index in [4.69, 9.17) is 22.1 Å². The Kier molecular flexibility index (Phi) is 3.44. The summed E-state index contributed by atoms with van der Waals surface area (Å²) in [7, 11) is 0. The molecule has 108 valence electrons. The number of hydrogen-bond donors (Lipinski definition) is 1. The molecule has 6 heteroatoms. The number of ether oxygens (including phenoxy) is 1. The van der Waals surface area contributed by atoms with Crippen LogP contribution in [0.4, 0.5) is 5.69 Å². The van der Waals surface area contributed by atoms with Gasteiger partial charge in [-0.25, -0.2) is 0 Å². The molecule has 2 aliphatic rings. The molecule has 1 aliphatic carbocycles. The van der Waals surface area contributed by atoms with Crippen molar-refractivity contribution in [2.45, 2.75) is 37.3 Å². The minimum Gasteiger partial charge on any atom is -0.376 e. The summed E-state index contributed by atoms with van der Waals surface area (Å²) in [5.74, 6) is 0.569. The number of nitro groups is 1. The fraction of sp³-hybridized carbons (Fsp3) is 0.571. The van der Waals surface area contributed by atoms with Gasteiger partial charge in [0.05, 0.1) is 16.0 Å². The fourth-order valence-corrected chi connectivity index (χ4v) is 3.27. The average Bonchev–Trinajstić information content (AvgIpc) is 3.16. The topological polar surface area (TPSA) is 78.4 Å². The molecule has 1 saturated carbocycles. The van der Waals surface area contributed by atoms with E-state index in [0.29, 0.717) is 24.0 Å². The number of non-ortho nitro benzene ring substituents is 1. The smallest absolute Gasteiger partial charge is 0.270 e. The summed E-state index contributed by atoms with van der Waals surface area (Å²) < 4.78 is 5.79. The quantitative estimate of drug-likeness (QED) is 0.684. The van der Waals surface area contributed by atoms with Crippen molar-refractivity contribution in [1.82, 2.24) is 0 Å². The molecular formula is C14H17ClN2O3. The highest BCUT2D eigenvalue weighted by Crippen LogP contribution is 2.44. The molecule has 0 spiro atoms. The Labute approximate surface area is 122 Å². The Morgan fingerprint density at radius 3 is 2.85 bits per heavy atom. The first-order valence-corrected chi connectivity index (χ1v) is 7.21. The number of nitro benzene ring substituents is 1. The van der Waals surface area contributed by atoms with Crippen molar-refractivity contribution >= 4 is 17.3 Å². The van der Waals surface area contributed by atoms with Crippen LogP contribution in [0.2, 0.25) is 5.02 Å². The van der Waals surface area contributed by atoms with Gasteiger partial charge in [0.1, 0.15) is 0 Å². The summed E-state index contributed by atoms with van der Waals surface area (Å²) in [5.41, 5.74) is 6.99. The molecule has 2 atom stereocenters. The highest BCUT2D eigenvalue weighted by atomic mass is 35.5. The van der Waals surface area contributed by atoms with Crippen LogP contribution in [0.5, 0.6) is 0 Å². The normalized spacial score (nSPS) is 29.6. The summed E-state index contributed by atoms with van der Waals surface area (Å²) in [6.07, 6.45) is 3.86. The molecule has 1 aromatic rings. The third-order valence-electron chi connectivity index (χ3n) is 4.25. The minimum absolute atomic E-state index is 0.00577. The van der Waals surface area contributed by atoms with Crippen LogP contribution in [-0.4, -0.2) is 23.2 Å². The summed E-state index contributed by atoms with van der Waals surface area (Å²) >= 11 is 6.16. The number of halogens is 1. The lowest BCUT2D eigenvalue weighted by Gasteiger charge is -2.30. The molecule has 5 nitrogen and oxygen atoms in total. The van der Waals surface area contributed by atoms with E-state index in [0.717, 1.165) is 12.0 Å². The van der Waals surface area contributed by atoms with E-state index in [2.05, 4.69) is 0 Å². The first-order valence-electron chi connectivity index (χ1n) is 6.83. The first kappa shape index (κ1) is 13.8. The van der Waals surface area contributed by atoms with Crippen LogP contribution in [0.25, 0.3) is 0 Å². The standard InChI is InChI=1S/C14H17ClN2O3/c15-12-7-11(17(18)19)4-3-10(12)8-14(16)5-6-20-13(14)9-1-2-9/h3-4,7,9,13H,1-2,5-6,8,16H2. The molecule has 2 unspecified atom stereocenters. The second-order valence-corrected chi connectivity index (χ2v) is 6.23. The molecule has 1 aromatic carbocycles. The molecule has 0 bridgehead atoms. The lowest BCUT2D eigenvalue weighted by Crippen LogP contribution is -2.50. The predicted molar refractivity (Wildman–Crippen MR) is 75.8 cm³/mol. The Hall–Kier alpha value is -1.17. The molecule has 1 aliphatic heterocycles. The van der Waals surface area contributed by atoms with Crippen molar-refractivity contribution in [2.75, 3.05) is 6.61 Å². The van der Waals surface area contributed by atoms with E-state index >= 15 is 0 Å². The average molecular weight is 297 g/mol. The number of benzene rings is 1. The molecular weight excluding hydrogens is 280 g/mol. The van der Waals surface area contributed by atoms with Crippen LogP contribution in [0.1, 0.15) is 24.8 Å². The monoisotopic (exact) mass is 296 g/mol. The van der Waals surface area contributed by atoms with Crippen LogP contribution in [-0.2, 0) is 11.2 Å². The van der Waals surface area contributed by atoms with Gasteiger partial charge in [0, 0.05) is 24.3 Å². The van der Waals surface area contributed by atoms with E-state index in [9.17, 15) is 10.1 Å². The number of rotatable bonds is 4. The molecule has 1 heterocycles. The number of nitrogens with zero attached hydrogens (tertiary/aromatic N) is 1. The molecule has 0 aromatic heterocycles. The second-order valence-electron chi connectivity index (χ2n) is 5.82. The van der Waals surface area contributed by atoms with Crippen LogP contribution in [0.15, 0.2) is 18.2 Å². The van der Waals surface area contributed by atoms with Crippen molar-refractivity contribution in [3.63, 3.8) is 0 Å². The predicted octanol–water partition coefficient (Wildman–Crippen LogP) is 2.69. The fourth-order valence-electron chi connectivity index (χ4n) is 3.03.